The van der Waals surface area contributed by atoms with Crippen molar-refractivity contribution >= 4 is 101 Å². The zero-order valence-electron chi connectivity index (χ0n) is 76.1. The number of nitrogens with zero attached hydrogens (tertiary/aromatic N) is 4. The first-order valence-corrected chi connectivity index (χ1v) is 43.7. The Labute approximate surface area is 711 Å². The number of para-hydroxylation sites is 4. The molecular formula is C114H123BN4. The Morgan fingerprint density at radius 2 is 0.479 bits per heavy atom. The minimum Gasteiger partial charge on any atom is -0.311 e. The summed E-state index contributed by atoms with van der Waals surface area (Å²) in [6.45, 7) is 64.4. The highest BCUT2D eigenvalue weighted by Gasteiger charge is 2.47. The number of anilines is 6. The Hall–Kier alpha value is -10.9. The number of benzene rings is 13. The molecule has 0 bridgehead atoms. The second kappa shape index (κ2) is 27.9. The van der Waals surface area contributed by atoms with Crippen molar-refractivity contribution in [1.82, 2.24) is 9.13 Å². The van der Waals surface area contributed by atoms with Crippen molar-refractivity contribution < 1.29 is 0 Å². The lowest BCUT2D eigenvalue weighted by Gasteiger charge is -2.46. The number of rotatable bonds is 8. The second-order valence-electron chi connectivity index (χ2n) is 44.0. The Bertz CT molecular complexity index is 6010. The molecule has 2 aliphatic heterocycles. The van der Waals surface area contributed by atoms with E-state index in [2.05, 4.69) is 461 Å². The van der Waals surface area contributed by atoms with E-state index < -0.39 is 0 Å². The van der Waals surface area contributed by atoms with Crippen LogP contribution >= 0.6 is 0 Å². The molecule has 0 radical (unpaired) electrons. The van der Waals surface area contributed by atoms with E-state index in [-0.39, 0.29) is 55.4 Å². The monoisotopic (exact) mass is 1560 g/mol. The number of hydrogen-bond acceptors (Lipinski definition) is 2. The molecule has 15 aromatic rings. The van der Waals surface area contributed by atoms with Gasteiger partial charge in [0.15, 0.2) is 0 Å². The smallest absolute Gasteiger partial charge is 0.252 e. The molecule has 0 saturated carbocycles. The van der Waals surface area contributed by atoms with Gasteiger partial charge in [-0.1, -0.05) is 369 Å². The fourth-order valence-corrected chi connectivity index (χ4v) is 19.3. The van der Waals surface area contributed by atoms with Gasteiger partial charge in [-0.25, -0.2) is 0 Å². The second-order valence-corrected chi connectivity index (χ2v) is 44.0. The Morgan fingerprint density at radius 1 is 0.210 bits per heavy atom. The van der Waals surface area contributed by atoms with Crippen LogP contribution in [0.1, 0.15) is 237 Å². The lowest BCUT2D eigenvalue weighted by Crippen LogP contribution is -2.61. The van der Waals surface area contributed by atoms with Crippen LogP contribution in [0.5, 0.6) is 0 Å². The molecule has 119 heavy (non-hydrogen) atoms. The van der Waals surface area contributed by atoms with Crippen LogP contribution in [0.4, 0.5) is 34.1 Å². The molecule has 0 atom stereocenters. The van der Waals surface area contributed by atoms with E-state index in [1.54, 1.807) is 0 Å². The summed E-state index contributed by atoms with van der Waals surface area (Å²) in [7, 11) is 0. The molecule has 4 nitrogen and oxygen atoms in total. The third-order valence-corrected chi connectivity index (χ3v) is 26.0. The van der Waals surface area contributed by atoms with Crippen LogP contribution < -0.4 is 26.2 Å². The number of hydrogen-bond donors (Lipinski definition) is 0. The molecule has 4 heterocycles. The first kappa shape index (κ1) is 80.5. The molecule has 5 heteroatoms. The minimum atomic E-state index is -0.356. The maximum absolute atomic E-state index is 2.77. The van der Waals surface area contributed by atoms with Crippen LogP contribution in [0, 0.1) is 0 Å². The summed E-state index contributed by atoms with van der Waals surface area (Å²) in [6, 6.07) is 101. The molecular weight excluding hydrogens is 1440 g/mol. The molecule has 0 saturated heterocycles. The standard InChI is InChI=1S/C114H123BN4/c1-106(2,3)74-50-44-70(45-51-74)81-56-48-72(103-87(111(16,17)18)62-76(108(7,8)9)63-88(103)112(19,20)21)60-97(81)118-99-68-79(116-93-40-32-28-36-83(93)84-37-29-33-41-94(84)116)54-58-91(99)115-92-59-55-80(117-95-42-34-30-38-85(95)86-39-31-35-43-96(86)117)69-100(92)119(102-67-78(110(13,14)15)66-101(118)105(102)115)98-61-73(49-57-82(98)71-46-52-75(53-47-71)107(4,5)6)104-89(113(22,23)24)64-77(109(10,11)12)65-90(104)114(25,26)27/h28-69H,1-27H3. The van der Waals surface area contributed by atoms with Crippen molar-refractivity contribution in [2.24, 2.45) is 0 Å². The summed E-state index contributed by atoms with van der Waals surface area (Å²) in [6.07, 6.45) is 0. The summed E-state index contributed by atoms with van der Waals surface area (Å²) in [5, 5.41) is 4.94. The van der Waals surface area contributed by atoms with Gasteiger partial charge in [0.1, 0.15) is 0 Å². The lowest BCUT2D eigenvalue weighted by molar-refractivity contribution is 0.550. The first-order valence-electron chi connectivity index (χ1n) is 43.7. The molecule has 2 aromatic heterocycles. The Kier molecular flexibility index (Phi) is 18.9. The molecule has 0 spiro atoms. The summed E-state index contributed by atoms with van der Waals surface area (Å²) >= 11 is 0. The van der Waals surface area contributed by atoms with Crippen LogP contribution in [-0.2, 0) is 48.7 Å². The minimum absolute atomic E-state index is 0.0596. The zero-order chi connectivity index (χ0) is 84.9. The van der Waals surface area contributed by atoms with Crippen LogP contribution in [-0.4, -0.2) is 15.8 Å². The Balaban J connectivity index is 1.07. The third kappa shape index (κ3) is 14.0. The van der Waals surface area contributed by atoms with E-state index in [0.29, 0.717) is 0 Å². The molecule has 0 aliphatic carbocycles. The Morgan fingerprint density at radius 3 is 0.756 bits per heavy atom. The normalized spacial score (nSPS) is 13.8. The van der Waals surface area contributed by atoms with E-state index >= 15 is 0 Å². The van der Waals surface area contributed by atoms with Gasteiger partial charge in [-0.3, -0.25) is 0 Å². The van der Waals surface area contributed by atoms with Crippen molar-refractivity contribution in [3.8, 4) is 55.9 Å². The number of fused-ring (bicyclic) bond motifs is 10. The summed E-state index contributed by atoms with van der Waals surface area (Å²) in [5.74, 6) is 0. The highest BCUT2D eigenvalue weighted by molar-refractivity contribution is 7.00. The average Bonchev–Trinajstić information content (AvgIpc) is 0.971. The average molecular weight is 1560 g/mol. The van der Waals surface area contributed by atoms with E-state index in [1.807, 2.05) is 0 Å². The summed E-state index contributed by atoms with van der Waals surface area (Å²) in [4.78, 5) is 5.54. The van der Waals surface area contributed by atoms with Gasteiger partial charge in [0.05, 0.1) is 33.4 Å². The van der Waals surface area contributed by atoms with Gasteiger partial charge < -0.3 is 18.9 Å². The predicted molar refractivity (Wildman–Crippen MR) is 519 cm³/mol. The maximum atomic E-state index is 2.77. The van der Waals surface area contributed by atoms with E-state index in [0.717, 1.165) is 45.3 Å². The molecule has 17 rings (SSSR count). The van der Waals surface area contributed by atoms with E-state index in [1.165, 1.54) is 155 Å². The lowest BCUT2D eigenvalue weighted by atomic mass is 9.33. The van der Waals surface area contributed by atoms with Crippen LogP contribution in [0.25, 0.3) is 99.5 Å². The van der Waals surface area contributed by atoms with Gasteiger partial charge in [0, 0.05) is 66.8 Å². The molecule has 0 fully saturated rings. The van der Waals surface area contributed by atoms with Gasteiger partial charge >= 0.3 is 0 Å². The molecule has 0 N–H and O–H groups in total. The van der Waals surface area contributed by atoms with Crippen molar-refractivity contribution in [1.29, 1.82) is 0 Å². The van der Waals surface area contributed by atoms with E-state index in [4.69, 9.17) is 0 Å². The van der Waals surface area contributed by atoms with Crippen molar-refractivity contribution in [2.45, 2.75) is 236 Å². The van der Waals surface area contributed by atoms with Gasteiger partial charge in [-0.05, 0) is 221 Å². The zero-order valence-corrected chi connectivity index (χ0v) is 76.1. The summed E-state index contributed by atoms with van der Waals surface area (Å²) < 4.78 is 5.06. The van der Waals surface area contributed by atoms with Crippen LogP contribution in [0.2, 0.25) is 0 Å². The van der Waals surface area contributed by atoms with Crippen LogP contribution in [0.15, 0.2) is 255 Å². The third-order valence-electron chi connectivity index (χ3n) is 26.0. The first-order chi connectivity index (χ1) is 55.7. The fourth-order valence-electron chi connectivity index (χ4n) is 19.3. The molecule has 0 amide bonds. The topological polar surface area (TPSA) is 16.3 Å². The quantitative estimate of drug-likeness (QED) is 0.141. The van der Waals surface area contributed by atoms with E-state index in [9.17, 15) is 0 Å². The molecule has 2 aliphatic rings. The van der Waals surface area contributed by atoms with Gasteiger partial charge in [0.25, 0.3) is 6.71 Å². The number of aromatic nitrogens is 2. The summed E-state index contributed by atoms with van der Waals surface area (Å²) in [5.41, 5.74) is 37.7. The fraction of sp³-hybridized carbons (Fsp3) is 0.316. The van der Waals surface area contributed by atoms with Gasteiger partial charge in [-0.2, -0.15) is 0 Å². The molecule has 13 aromatic carbocycles. The molecule has 0 unspecified atom stereocenters. The van der Waals surface area contributed by atoms with Crippen molar-refractivity contribution in [2.75, 3.05) is 9.80 Å². The largest absolute Gasteiger partial charge is 0.311 e. The highest BCUT2D eigenvalue weighted by Crippen LogP contribution is 2.55. The van der Waals surface area contributed by atoms with Crippen molar-refractivity contribution in [3.63, 3.8) is 0 Å². The molecule has 602 valence electrons. The van der Waals surface area contributed by atoms with Crippen molar-refractivity contribution in [3.05, 3.63) is 305 Å². The van der Waals surface area contributed by atoms with Gasteiger partial charge in [0.2, 0.25) is 0 Å². The highest BCUT2D eigenvalue weighted by atomic mass is 15.2. The SMILES string of the molecule is CC(C)(C)c1ccc(-c2ccc(-c3c(C(C)(C)C)cc(C(C)(C)C)cc3C(C)(C)C)cc2N2c3cc(-n4c5ccccc5c5ccccc54)ccc3B3c4ccc(-n5c6ccccc6c6ccccc65)cc4N(c4cc(-c5c(C(C)(C)C)cc(C(C)(C)C)cc5C(C)(C)C)ccc4-c4ccc(C(C)(C)C)cc4)c4cc(C(C)(C)C)cc2c43)cc1. The predicted octanol–water partition coefficient (Wildman–Crippen LogP) is 30.3. The van der Waals surface area contributed by atoms with Crippen LogP contribution in [0.3, 0.4) is 0 Å². The van der Waals surface area contributed by atoms with Gasteiger partial charge in [-0.15, -0.1) is 0 Å². The maximum Gasteiger partial charge on any atom is 0.252 e.